The molecule has 0 bridgehead atoms. The van der Waals surface area contributed by atoms with E-state index in [2.05, 4.69) is 12.2 Å². The molecule has 0 aliphatic carbocycles. The van der Waals surface area contributed by atoms with Crippen molar-refractivity contribution < 1.29 is 14.3 Å². The van der Waals surface area contributed by atoms with Crippen molar-refractivity contribution >= 4 is 17.3 Å². The number of hydrogen-bond donors (Lipinski definition) is 2. The van der Waals surface area contributed by atoms with Gasteiger partial charge in [0, 0.05) is 13.2 Å². The highest BCUT2D eigenvalue weighted by atomic mass is 16.5. The molecule has 0 amide bonds. The van der Waals surface area contributed by atoms with Crippen LogP contribution in [-0.4, -0.2) is 32.8 Å². The lowest BCUT2D eigenvalue weighted by Crippen LogP contribution is -2.15. The van der Waals surface area contributed by atoms with Crippen LogP contribution in [0.5, 0.6) is 0 Å². The minimum absolute atomic E-state index is 0.401. The smallest absolute Gasteiger partial charge is 0.340 e. The van der Waals surface area contributed by atoms with E-state index in [4.69, 9.17) is 15.2 Å². The Kier molecular flexibility index (Phi) is 6.74. The van der Waals surface area contributed by atoms with Crippen LogP contribution in [0.15, 0.2) is 18.2 Å². The Morgan fingerprint density at radius 3 is 2.84 bits per heavy atom. The Morgan fingerprint density at radius 2 is 2.16 bits per heavy atom. The van der Waals surface area contributed by atoms with Crippen LogP contribution in [0.1, 0.15) is 30.1 Å². The van der Waals surface area contributed by atoms with Gasteiger partial charge in [-0.2, -0.15) is 0 Å². The predicted molar refractivity (Wildman–Crippen MR) is 76.4 cm³/mol. The van der Waals surface area contributed by atoms with Gasteiger partial charge in [-0.15, -0.1) is 0 Å². The van der Waals surface area contributed by atoms with E-state index >= 15 is 0 Å². The van der Waals surface area contributed by atoms with Gasteiger partial charge in [-0.05, 0) is 18.6 Å². The van der Waals surface area contributed by atoms with E-state index in [0.717, 1.165) is 19.4 Å². The summed E-state index contributed by atoms with van der Waals surface area (Å²) >= 11 is 0. The molecule has 0 saturated heterocycles. The third-order valence-electron chi connectivity index (χ3n) is 2.69. The molecule has 0 aromatic heterocycles. The van der Waals surface area contributed by atoms with Crippen LogP contribution in [0.2, 0.25) is 0 Å². The molecule has 5 nitrogen and oxygen atoms in total. The van der Waals surface area contributed by atoms with E-state index in [0.29, 0.717) is 30.1 Å². The molecular formula is C14H22N2O3. The lowest BCUT2D eigenvalue weighted by molar-refractivity contribution is 0.0601. The zero-order valence-electron chi connectivity index (χ0n) is 11.6. The van der Waals surface area contributed by atoms with Gasteiger partial charge in [0.25, 0.3) is 0 Å². The van der Waals surface area contributed by atoms with Crippen LogP contribution < -0.4 is 11.1 Å². The van der Waals surface area contributed by atoms with Crippen molar-refractivity contribution in [2.24, 2.45) is 0 Å². The number of hydrogen-bond acceptors (Lipinski definition) is 5. The Morgan fingerprint density at radius 1 is 1.37 bits per heavy atom. The Labute approximate surface area is 114 Å². The van der Waals surface area contributed by atoms with Crippen molar-refractivity contribution in [1.82, 2.24) is 0 Å². The maximum atomic E-state index is 11.6. The first-order valence-corrected chi connectivity index (χ1v) is 6.49. The molecule has 5 heteroatoms. The number of rotatable bonds is 8. The van der Waals surface area contributed by atoms with Gasteiger partial charge in [0.1, 0.15) is 0 Å². The molecule has 0 radical (unpaired) electrons. The van der Waals surface area contributed by atoms with Crippen LogP contribution in [0.4, 0.5) is 11.4 Å². The zero-order valence-corrected chi connectivity index (χ0v) is 11.6. The standard InChI is InChI=1S/C14H22N2O3/c1-3-4-9-19-10-8-16-13-11(14(17)18-2)6-5-7-12(13)15/h5-7,16H,3-4,8-10,15H2,1-2H3. The molecule has 1 aromatic rings. The maximum absolute atomic E-state index is 11.6. The highest BCUT2D eigenvalue weighted by Crippen LogP contribution is 2.23. The topological polar surface area (TPSA) is 73.6 Å². The molecular weight excluding hydrogens is 244 g/mol. The summed E-state index contributed by atoms with van der Waals surface area (Å²) in [5.41, 5.74) is 7.44. The number of benzene rings is 1. The molecule has 0 fully saturated rings. The molecule has 19 heavy (non-hydrogen) atoms. The van der Waals surface area contributed by atoms with E-state index < -0.39 is 5.97 Å². The second kappa shape index (κ2) is 8.37. The molecule has 0 spiro atoms. The highest BCUT2D eigenvalue weighted by Gasteiger charge is 2.13. The summed E-state index contributed by atoms with van der Waals surface area (Å²) in [6.07, 6.45) is 2.17. The average molecular weight is 266 g/mol. The summed E-state index contributed by atoms with van der Waals surface area (Å²) in [5.74, 6) is -0.401. The molecule has 0 saturated carbocycles. The lowest BCUT2D eigenvalue weighted by atomic mass is 10.1. The van der Waals surface area contributed by atoms with Crippen molar-refractivity contribution in [3.8, 4) is 0 Å². The number of unbranched alkanes of at least 4 members (excludes halogenated alkanes) is 1. The molecule has 0 heterocycles. The van der Waals surface area contributed by atoms with E-state index in [9.17, 15) is 4.79 Å². The number of carbonyl (C=O) groups excluding carboxylic acids is 1. The van der Waals surface area contributed by atoms with Crippen molar-refractivity contribution in [2.45, 2.75) is 19.8 Å². The summed E-state index contributed by atoms with van der Waals surface area (Å²) in [6.45, 7) is 4.05. The summed E-state index contributed by atoms with van der Waals surface area (Å²) in [6, 6.07) is 5.15. The molecule has 0 atom stereocenters. The first kappa shape index (κ1) is 15.3. The van der Waals surface area contributed by atoms with Crippen molar-refractivity contribution in [3.63, 3.8) is 0 Å². The number of esters is 1. The number of nitrogens with two attached hydrogens (primary N) is 1. The van der Waals surface area contributed by atoms with Crippen molar-refractivity contribution in [1.29, 1.82) is 0 Å². The first-order valence-electron chi connectivity index (χ1n) is 6.49. The van der Waals surface area contributed by atoms with Gasteiger partial charge in [-0.1, -0.05) is 19.4 Å². The quantitative estimate of drug-likeness (QED) is 0.429. The van der Waals surface area contributed by atoms with Gasteiger partial charge in [0.2, 0.25) is 0 Å². The number of methoxy groups -OCH3 is 1. The van der Waals surface area contributed by atoms with Crippen molar-refractivity contribution in [3.05, 3.63) is 23.8 Å². The minimum atomic E-state index is -0.401. The average Bonchev–Trinajstić information content (AvgIpc) is 2.43. The molecule has 3 N–H and O–H groups in total. The number of ether oxygens (including phenoxy) is 2. The zero-order chi connectivity index (χ0) is 14.1. The van der Waals surface area contributed by atoms with Gasteiger partial charge >= 0.3 is 5.97 Å². The molecule has 0 unspecified atom stereocenters. The molecule has 0 aliphatic rings. The third kappa shape index (κ3) is 4.79. The maximum Gasteiger partial charge on any atom is 0.340 e. The second-order valence-corrected chi connectivity index (χ2v) is 4.15. The van der Waals surface area contributed by atoms with Gasteiger partial charge in [-0.3, -0.25) is 0 Å². The summed E-state index contributed by atoms with van der Waals surface area (Å²) in [4.78, 5) is 11.6. The van der Waals surface area contributed by atoms with Crippen molar-refractivity contribution in [2.75, 3.05) is 37.9 Å². The van der Waals surface area contributed by atoms with E-state index in [1.807, 2.05) is 0 Å². The monoisotopic (exact) mass is 266 g/mol. The number of nitrogens with one attached hydrogen (secondary N) is 1. The van der Waals surface area contributed by atoms with Crippen LogP contribution in [0.3, 0.4) is 0 Å². The first-order chi connectivity index (χ1) is 9.20. The van der Waals surface area contributed by atoms with Gasteiger partial charge < -0.3 is 20.5 Å². The van der Waals surface area contributed by atoms with Crippen LogP contribution in [-0.2, 0) is 9.47 Å². The van der Waals surface area contributed by atoms with Crippen LogP contribution in [0.25, 0.3) is 0 Å². The van der Waals surface area contributed by atoms with E-state index in [1.165, 1.54) is 7.11 Å². The van der Waals surface area contributed by atoms with E-state index in [-0.39, 0.29) is 0 Å². The Balaban J connectivity index is 2.54. The summed E-state index contributed by atoms with van der Waals surface area (Å²) in [7, 11) is 1.35. The van der Waals surface area contributed by atoms with Gasteiger partial charge in [0.15, 0.2) is 0 Å². The normalized spacial score (nSPS) is 10.2. The predicted octanol–water partition coefficient (Wildman–Crippen LogP) is 2.28. The summed E-state index contributed by atoms with van der Waals surface area (Å²) < 4.78 is 10.2. The fourth-order valence-corrected chi connectivity index (χ4v) is 1.64. The summed E-state index contributed by atoms with van der Waals surface area (Å²) in [5, 5.41) is 3.12. The van der Waals surface area contributed by atoms with Crippen LogP contribution in [0, 0.1) is 0 Å². The lowest BCUT2D eigenvalue weighted by Gasteiger charge is -2.13. The molecule has 0 aliphatic heterocycles. The number of anilines is 2. The molecule has 1 aromatic carbocycles. The van der Waals surface area contributed by atoms with Crippen LogP contribution >= 0.6 is 0 Å². The fourth-order valence-electron chi connectivity index (χ4n) is 1.64. The number of nitrogen functional groups attached to an aromatic ring is 1. The largest absolute Gasteiger partial charge is 0.465 e. The molecule has 106 valence electrons. The molecule has 1 rings (SSSR count). The van der Waals surface area contributed by atoms with Gasteiger partial charge in [0.05, 0.1) is 30.7 Å². The minimum Gasteiger partial charge on any atom is -0.465 e. The number of para-hydroxylation sites is 1. The van der Waals surface area contributed by atoms with E-state index in [1.54, 1.807) is 18.2 Å². The SMILES string of the molecule is CCCCOCCNc1c(N)cccc1C(=O)OC. The highest BCUT2D eigenvalue weighted by molar-refractivity contribution is 5.98. The Hall–Kier alpha value is -1.75. The Bertz CT molecular complexity index is 408. The second-order valence-electron chi connectivity index (χ2n) is 4.15. The number of carbonyl (C=O) groups is 1. The van der Waals surface area contributed by atoms with Gasteiger partial charge in [-0.25, -0.2) is 4.79 Å². The third-order valence-corrected chi connectivity index (χ3v) is 2.69. The fraction of sp³-hybridized carbons (Fsp3) is 0.500.